The summed E-state index contributed by atoms with van der Waals surface area (Å²) in [7, 11) is 5.38. The summed E-state index contributed by atoms with van der Waals surface area (Å²) in [5, 5.41) is 11.6. The first-order chi connectivity index (χ1) is 26.6. The Labute approximate surface area is 337 Å². The van der Waals surface area contributed by atoms with Crippen LogP contribution in [0.2, 0.25) is 0 Å². The normalized spacial score (nSPS) is 13.5. The van der Waals surface area contributed by atoms with Gasteiger partial charge in [-0.25, -0.2) is 0 Å². The summed E-state index contributed by atoms with van der Waals surface area (Å²) in [5.41, 5.74) is 0. The summed E-state index contributed by atoms with van der Waals surface area (Å²) < 4.78 is 17.1. The van der Waals surface area contributed by atoms with Gasteiger partial charge >= 0.3 is 11.9 Å². The van der Waals surface area contributed by atoms with Gasteiger partial charge in [0.25, 0.3) is 0 Å². The summed E-state index contributed by atoms with van der Waals surface area (Å²) in [6.45, 7) is 4.45. The van der Waals surface area contributed by atoms with Crippen molar-refractivity contribution in [2.45, 2.75) is 180 Å². The number of carbonyl (C=O) groups excluding carboxylic acids is 3. The Morgan fingerprint density at radius 2 is 1.02 bits per heavy atom. The summed E-state index contributed by atoms with van der Waals surface area (Å²) in [6, 6.07) is -0.732. The number of hydrogen-bond donors (Lipinski definition) is 0. The lowest BCUT2D eigenvalue weighted by Gasteiger charge is -2.34. The molecule has 316 valence electrons. The quantitative estimate of drug-likeness (QED) is 0.0266. The van der Waals surface area contributed by atoms with Crippen molar-refractivity contribution in [3.63, 3.8) is 0 Å². The molecule has 55 heavy (non-hydrogen) atoms. The lowest BCUT2D eigenvalue weighted by Crippen LogP contribution is -2.55. The Morgan fingerprint density at radius 3 is 1.55 bits per heavy atom. The van der Waals surface area contributed by atoms with Crippen molar-refractivity contribution in [1.82, 2.24) is 0 Å². The SMILES string of the molecule is CC/C=C/C/C=C/CCCCC(=O)OCC(COCCC(C(=O)[O-])[N+](C)(C)C)OC(=O)CCCCCCCCCCC/C=C/C/C=C/C/C=C/CCCCC. The van der Waals surface area contributed by atoms with Gasteiger partial charge in [-0.1, -0.05) is 132 Å². The first-order valence-corrected chi connectivity index (χ1v) is 21.8. The third-order valence-electron chi connectivity index (χ3n) is 9.39. The molecule has 0 radical (unpaired) electrons. The van der Waals surface area contributed by atoms with Crippen LogP contribution in [0.5, 0.6) is 0 Å². The van der Waals surface area contributed by atoms with Crippen molar-refractivity contribution >= 4 is 17.9 Å². The molecule has 0 rings (SSSR count). The molecule has 0 fully saturated rings. The topological polar surface area (TPSA) is 102 Å². The van der Waals surface area contributed by atoms with Crippen molar-refractivity contribution in [1.29, 1.82) is 0 Å². The second-order valence-electron chi connectivity index (χ2n) is 15.5. The lowest BCUT2D eigenvalue weighted by atomic mass is 10.1. The zero-order valence-electron chi connectivity index (χ0n) is 35.8. The molecular weight excluding hydrogens is 691 g/mol. The number of carbonyl (C=O) groups is 3. The maximum Gasteiger partial charge on any atom is 0.306 e. The van der Waals surface area contributed by atoms with Gasteiger partial charge in [-0.05, 0) is 77.0 Å². The molecule has 8 nitrogen and oxygen atoms in total. The number of nitrogens with zero attached hydrogens (tertiary/aromatic N) is 1. The van der Waals surface area contributed by atoms with Crippen LogP contribution in [0.3, 0.4) is 0 Å². The van der Waals surface area contributed by atoms with Gasteiger partial charge in [0.2, 0.25) is 0 Å². The Morgan fingerprint density at radius 1 is 0.564 bits per heavy atom. The van der Waals surface area contributed by atoms with E-state index in [4.69, 9.17) is 14.2 Å². The number of hydrogen-bond acceptors (Lipinski definition) is 7. The van der Waals surface area contributed by atoms with E-state index in [1.54, 1.807) is 21.1 Å². The van der Waals surface area contributed by atoms with Crippen molar-refractivity contribution in [2.24, 2.45) is 0 Å². The molecule has 8 heteroatoms. The molecule has 0 N–H and O–H groups in total. The third-order valence-corrected chi connectivity index (χ3v) is 9.39. The number of likely N-dealkylation sites (N-methyl/N-ethyl adjacent to an activating group) is 1. The Bertz CT molecular complexity index is 1090. The van der Waals surface area contributed by atoms with Gasteiger partial charge in [-0.15, -0.1) is 0 Å². The molecule has 0 spiro atoms. The minimum Gasteiger partial charge on any atom is -0.544 e. The van der Waals surface area contributed by atoms with Crippen LogP contribution in [-0.2, 0) is 28.6 Å². The molecule has 0 aliphatic carbocycles. The third kappa shape index (κ3) is 36.4. The van der Waals surface area contributed by atoms with Crippen LogP contribution in [0.25, 0.3) is 0 Å². The van der Waals surface area contributed by atoms with E-state index in [1.165, 1.54) is 64.2 Å². The van der Waals surface area contributed by atoms with E-state index >= 15 is 0 Å². The Kier molecular flexibility index (Phi) is 35.9. The number of unbranched alkanes of at least 4 members (excludes halogenated alkanes) is 14. The number of aliphatic carboxylic acids is 1. The van der Waals surface area contributed by atoms with E-state index in [1.807, 2.05) is 0 Å². The zero-order chi connectivity index (χ0) is 40.7. The van der Waals surface area contributed by atoms with Gasteiger partial charge in [0.15, 0.2) is 6.10 Å². The molecule has 0 amide bonds. The van der Waals surface area contributed by atoms with Crippen LogP contribution in [-0.4, -0.2) is 75.5 Å². The van der Waals surface area contributed by atoms with Gasteiger partial charge in [0, 0.05) is 19.3 Å². The Balaban J connectivity index is 4.28. The van der Waals surface area contributed by atoms with Crippen molar-refractivity contribution in [2.75, 3.05) is 41.0 Å². The van der Waals surface area contributed by atoms with E-state index in [2.05, 4.69) is 74.6 Å². The first kappa shape index (κ1) is 52.0. The highest BCUT2D eigenvalue weighted by atomic mass is 16.6. The average molecular weight is 772 g/mol. The molecular formula is C47H81NO7. The molecule has 0 bridgehead atoms. The number of ether oxygens (including phenoxy) is 3. The molecule has 0 saturated heterocycles. The molecule has 0 heterocycles. The molecule has 0 aliphatic rings. The Hall–Kier alpha value is -2.97. The van der Waals surface area contributed by atoms with Crippen LogP contribution in [0.1, 0.15) is 168 Å². The van der Waals surface area contributed by atoms with Crippen molar-refractivity contribution in [3.05, 3.63) is 60.8 Å². The van der Waals surface area contributed by atoms with Crippen molar-refractivity contribution in [3.8, 4) is 0 Å². The largest absolute Gasteiger partial charge is 0.544 e. The second kappa shape index (κ2) is 37.9. The maximum absolute atomic E-state index is 12.7. The van der Waals surface area contributed by atoms with E-state index in [9.17, 15) is 19.5 Å². The number of rotatable bonds is 38. The number of carboxylic acids is 1. The van der Waals surface area contributed by atoms with Crippen molar-refractivity contribution < 1.29 is 38.2 Å². The number of carboxylic acid groups (broad SMARTS) is 1. The fraction of sp³-hybridized carbons (Fsp3) is 0.723. The molecule has 2 unspecified atom stereocenters. The second-order valence-corrected chi connectivity index (χ2v) is 15.5. The summed E-state index contributed by atoms with van der Waals surface area (Å²) >= 11 is 0. The van der Waals surface area contributed by atoms with Gasteiger partial charge in [-0.2, -0.15) is 0 Å². The predicted octanol–water partition coefficient (Wildman–Crippen LogP) is 10.5. The van der Waals surface area contributed by atoms with Crippen LogP contribution in [0.15, 0.2) is 60.8 Å². The monoisotopic (exact) mass is 772 g/mol. The average Bonchev–Trinajstić information content (AvgIpc) is 3.14. The first-order valence-electron chi connectivity index (χ1n) is 21.8. The van der Waals surface area contributed by atoms with E-state index in [0.717, 1.165) is 70.6 Å². The fourth-order valence-corrected chi connectivity index (χ4v) is 6.00. The maximum atomic E-state index is 12.7. The highest BCUT2D eigenvalue weighted by molar-refractivity contribution is 5.70. The molecule has 0 saturated carbocycles. The molecule has 0 aromatic rings. The standard InChI is InChI=1S/C47H81NO7/c1-6-8-10-12-14-16-17-18-19-20-21-22-23-24-25-26-27-28-30-32-34-36-38-46(50)55-43(41-53-40-39-44(47(51)52)48(3,4)5)42-54-45(49)37-35-33-31-29-15-13-11-9-7-2/h9,11,14-16,18-19,21-22,29,43-44H,6-8,10,12-13,17,20,23-28,30-42H2,1-5H3/b11-9+,16-14+,19-18+,22-21+,29-15+. The van der Waals surface area contributed by atoms with Crippen LogP contribution in [0, 0.1) is 0 Å². The number of allylic oxidation sites excluding steroid dienone is 10. The highest BCUT2D eigenvalue weighted by Crippen LogP contribution is 2.13. The minimum atomic E-state index is -1.13. The lowest BCUT2D eigenvalue weighted by molar-refractivity contribution is -0.889. The van der Waals surface area contributed by atoms with Gasteiger partial charge in [0.1, 0.15) is 12.6 Å². The number of quaternary nitrogens is 1. The summed E-state index contributed by atoms with van der Waals surface area (Å²) in [5.74, 6) is -1.80. The van der Waals surface area contributed by atoms with Crippen LogP contribution in [0.4, 0.5) is 0 Å². The molecule has 0 aromatic carbocycles. The predicted molar refractivity (Wildman–Crippen MR) is 226 cm³/mol. The van der Waals surface area contributed by atoms with Gasteiger partial charge in [0.05, 0.1) is 40.3 Å². The molecule has 2 atom stereocenters. The van der Waals surface area contributed by atoms with Gasteiger partial charge in [-0.3, -0.25) is 9.59 Å². The van der Waals surface area contributed by atoms with Gasteiger partial charge < -0.3 is 28.6 Å². The minimum absolute atomic E-state index is 0.0260. The smallest absolute Gasteiger partial charge is 0.306 e. The molecule has 0 aromatic heterocycles. The van der Waals surface area contributed by atoms with E-state index in [-0.39, 0.29) is 42.7 Å². The van der Waals surface area contributed by atoms with E-state index < -0.39 is 18.1 Å². The zero-order valence-corrected chi connectivity index (χ0v) is 35.8. The fourth-order valence-electron chi connectivity index (χ4n) is 6.00. The van der Waals surface area contributed by atoms with Crippen LogP contribution < -0.4 is 5.11 Å². The summed E-state index contributed by atoms with van der Waals surface area (Å²) in [6.07, 6.45) is 45.5. The number of esters is 2. The molecule has 0 aliphatic heterocycles. The van der Waals surface area contributed by atoms with Crippen LogP contribution >= 0.6 is 0 Å². The van der Waals surface area contributed by atoms with E-state index in [0.29, 0.717) is 12.8 Å². The highest BCUT2D eigenvalue weighted by Gasteiger charge is 2.25. The summed E-state index contributed by atoms with van der Waals surface area (Å²) in [4.78, 5) is 36.7.